The Morgan fingerprint density at radius 3 is 2.73 bits per heavy atom. The van der Waals surface area contributed by atoms with Crippen molar-refractivity contribution in [3.63, 3.8) is 0 Å². The van der Waals surface area contributed by atoms with Crippen LogP contribution in [0.3, 0.4) is 0 Å². The summed E-state index contributed by atoms with van der Waals surface area (Å²) in [6.45, 7) is 0. The van der Waals surface area contributed by atoms with Gasteiger partial charge >= 0.3 is 6.18 Å². The third-order valence-electron chi connectivity index (χ3n) is 6.58. The van der Waals surface area contributed by atoms with Crippen molar-refractivity contribution >= 4 is 11.6 Å². The number of anilines is 1. The fraction of sp³-hybridized carbons (Fsp3) is 0.400. The van der Waals surface area contributed by atoms with E-state index >= 15 is 0 Å². The first-order valence-electron chi connectivity index (χ1n) is 9.24. The maximum Gasteiger partial charge on any atom is 0.419 e. The molecule has 3 fully saturated rings. The van der Waals surface area contributed by atoms with Gasteiger partial charge < -0.3 is 15.2 Å². The van der Waals surface area contributed by atoms with Crippen LogP contribution >= 0.6 is 0 Å². The number of benzene rings is 1. The molecule has 2 N–H and O–H groups in total. The van der Waals surface area contributed by atoms with Crippen molar-refractivity contribution in [3.05, 3.63) is 59.4 Å². The van der Waals surface area contributed by atoms with Gasteiger partial charge in [-0.25, -0.2) is 9.37 Å². The van der Waals surface area contributed by atoms with Gasteiger partial charge in [0.05, 0.1) is 35.0 Å². The fourth-order valence-electron chi connectivity index (χ4n) is 5.29. The highest BCUT2D eigenvalue weighted by Gasteiger charge is 2.87. The highest BCUT2D eigenvalue weighted by atomic mass is 19.4. The van der Waals surface area contributed by atoms with Gasteiger partial charge in [0.25, 0.3) is 0 Å². The third-order valence-corrected chi connectivity index (χ3v) is 6.58. The zero-order chi connectivity index (χ0) is 21.5. The molecule has 5 unspecified atom stereocenters. The van der Waals surface area contributed by atoms with Gasteiger partial charge in [0.1, 0.15) is 0 Å². The average Bonchev–Trinajstić information content (AvgIpc) is 3.16. The maximum absolute atomic E-state index is 14.4. The highest BCUT2D eigenvalue weighted by Crippen LogP contribution is 2.77. The molecule has 2 aliphatic heterocycles. The molecule has 10 heteroatoms. The van der Waals surface area contributed by atoms with E-state index in [9.17, 15) is 31.9 Å². The number of rotatable bonds is 3. The van der Waals surface area contributed by atoms with Gasteiger partial charge in [-0.3, -0.25) is 4.79 Å². The number of halogens is 5. The topological polar surface area (TPSA) is 71.5 Å². The standard InChI is InChI=1S/C20H15F5N2O3/c21-14-6-9(4-5-26-14)18-8-19(18,13-7-12(28)16(18)30-13)17(29)27-11-3-1-2-10(15(11)22)20(23,24)25/h1-6,12-13,16,28H,7-8H2,(H,27,29). The van der Waals surface area contributed by atoms with Crippen LogP contribution in [-0.2, 0) is 21.1 Å². The molecule has 1 saturated carbocycles. The number of ether oxygens (including phenoxy) is 1. The van der Waals surface area contributed by atoms with E-state index in [4.69, 9.17) is 4.74 Å². The summed E-state index contributed by atoms with van der Waals surface area (Å²) in [5.74, 6) is -3.08. The Hall–Kier alpha value is -2.59. The molecule has 5 atom stereocenters. The van der Waals surface area contributed by atoms with Gasteiger partial charge in [-0.05, 0) is 36.2 Å². The molecule has 1 aliphatic carbocycles. The van der Waals surface area contributed by atoms with Crippen molar-refractivity contribution in [3.8, 4) is 0 Å². The van der Waals surface area contributed by atoms with Crippen molar-refractivity contribution in [1.29, 1.82) is 0 Å². The van der Waals surface area contributed by atoms with Crippen LogP contribution in [0.25, 0.3) is 0 Å². The minimum Gasteiger partial charge on any atom is -0.390 e. The Morgan fingerprint density at radius 1 is 1.27 bits per heavy atom. The number of aromatic nitrogens is 1. The first-order valence-corrected chi connectivity index (χ1v) is 9.24. The maximum atomic E-state index is 14.4. The Balaban J connectivity index is 1.53. The SMILES string of the molecule is O=C(Nc1cccc(C(F)(F)F)c1F)C12CC1(c1ccnc(F)c1)C1OC2CC1O. The van der Waals surface area contributed by atoms with Crippen LogP contribution in [0.5, 0.6) is 0 Å². The van der Waals surface area contributed by atoms with Gasteiger partial charge in [-0.15, -0.1) is 0 Å². The van der Waals surface area contributed by atoms with Crippen molar-refractivity contribution in [1.82, 2.24) is 4.98 Å². The normalized spacial score (nSPS) is 34.0. The van der Waals surface area contributed by atoms with Crippen LogP contribution in [0.2, 0.25) is 0 Å². The number of amides is 1. The second kappa shape index (κ2) is 5.98. The second-order valence-corrected chi connectivity index (χ2v) is 7.95. The molecule has 1 aromatic carbocycles. The predicted molar refractivity (Wildman–Crippen MR) is 92.2 cm³/mol. The van der Waals surface area contributed by atoms with E-state index in [0.717, 1.165) is 18.2 Å². The van der Waals surface area contributed by atoms with Crippen LogP contribution in [0.1, 0.15) is 24.0 Å². The Morgan fingerprint density at radius 2 is 2.03 bits per heavy atom. The van der Waals surface area contributed by atoms with Crippen LogP contribution < -0.4 is 5.32 Å². The Labute approximate surface area is 166 Å². The number of alkyl halides is 3. The molecule has 0 spiro atoms. The number of pyridine rings is 1. The number of fused-ring (bicyclic) bond motifs is 5. The van der Waals surface area contributed by atoms with Crippen molar-refractivity contribution in [2.45, 2.75) is 42.7 Å². The molecule has 2 saturated heterocycles. The second-order valence-electron chi connectivity index (χ2n) is 7.95. The Kier molecular flexibility index (Phi) is 3.86. The molecule has 0 radical (unpaired) electrons. The number of hydrogen-bond acceptors (Lipinski definition) is 4. The minimum atomic E-state index is -4.92. The molecule has 30 heavy (non-hydrogen) atoms. The smallest absolute Gasteiger partial charge is 0.390 e. The summed E-state index contributed by atoms with van der Waals surface area (Å²) < 4.78 is 72.9. The number of hydrogen-bond donors (Lipinski definition) is 2. The van der Waals surface area contributed by atoms with Crippen LogP contribution in [0, 0.1) is 17.2 Å². The molecule has 3 aliphatic rings. The average molecular weight is 426 g/mol. The van der Waals surface area contributed by atoms with Crippen molar-refractivity contribution < 1.29 is 36.6 Å². The van der Waals surface area contributed by atoms with E-state index < -0.39 is 64.2 Å². The van der Waals surface area contributed by atoms with Gasteiger partial charge in [-0.2, -0.15) is 17.6 Å². The van der Waals surface area contributed by atoms with E-state index in [1.807, 2.05) is 0 Å². The van der Waals surface area contributed by atoms with Crippen molar-refractivity contribution in [2.24, 2.45) is 5.41 Å². The zero-order valence-electron chi connectivity index (χ0n) is 15.2. The first kappa shape index (κ1) is 19.4. The molecule has 3 heterocycles. The van der Waals surface area contributed by atoms with Crippen LogP contribution in [-0.4, -0.2) is 34.3 Å². The molecule has 1 aromatic heterocycles. The van der Waals surface area contributed by atoms with E-state index in [2.05, 4.69) is 10.3 Å². The predicted octanol–water partition coefficient (Wildman–Crippen LogP) is 3.18. The quantitative estimate of drug-likeness (QED) is 0.584. The number of aliphatic hydroxyl groups is 1. The van der Waals surface area contributed by atoms with E-state index in [1.165, 1.54) is 12.3 Å². The summed E-state index contributed by atoms with van der Waals surface area (Å²) in [4.78, 5) is 16.7. The van der Waals surface area contributed by atoms with Gasteiger partial charge in [-0.1, -0.05) is 6.07 Å². The zero-order valence-corrected chi connectivity index (χ0v) is 15.2. The number of nitrogens with one attached hydrogen (secondary N) is 1. The molecular weight excluding hydrogens is 411 g/mol. The third kappa shape index (κ3) is 2.34. The first-order chi connectivity index (χ1) is 14.1. The summed E-state index contributed by atoms with van der Waals surface area (Å²) in [6.07, 6.45) is -5.71. The molecule has 2 aromatic rings. The highest BCUT2D eigenvalue weighted by molar-refractivity contribution is 6.01. The number of carbonyl (C=O) groups is 1. The van der Waals surface area contributed by atoms with Gasteiger partial charge in [0.2, 0.25) is 11.9 Å². The van der Waals surface area contributed by atoms with Crippen LogP contribution in [0.15, 0.2) is 36.5 Å². The summed E-state index contributed by atoms with van der Waals surface area (Å²) in [5, 5.41) is 12.6. The molecule has 5 nitrogen and oxygen atoms in total. The van der Waals surface area contributed by atoms with Crippen LogP contribution in [0.4, 0.5) is 27.6 Å². The van der Waals surface area contributed by atoms with Crippen molar-refractivity contribution in [2.75, 3.05) is 5.32 Å². The summed E-state index contributed by atoms with van der Waals surface area (Å²) >= 11 is 0. The lowest BCUT2D eigenvalue weighted by Crippen LogP contribution is -2.44. The van der Waals surface area contributed by atoms with E-state index in [1.54, 1.807) is 0 Å². The lowest BCUT2D eigenvalue weighted by molar-refractivity contribution is -0.140. The number of carbonyl (C=O) groups excluding carboxylic acids is 1. The largest absolute Gasteiger partial charge is 0.419 e. The van der Waals surface area contributed by atoms with Gasteiger partial charge in [0.15, 0.2) is 5.82 Å². The van der Waals surface area contributed by atoms with E-state index in [-0.39, 0.29) is 12.8 Å². The lowest BCUT2D eigenvalue weighted by atomic mass is 9.74. The minimum absolute atomic E-state index is 0.151. The van der Waals surface area contributed by atoms with Gasteiger partial charge in [0, 0.05) is 18.0 Å². The number of nitrogens with zero attached hydrogens (tertiary/aromatic N) is 1. The molecule has 1 amide bonds. The fourth-order valence-corrected chi connectivity index (χ4v) is 5.29. The van der Waals surface area contributed by atoms with E-state index in [0.29, 0.717) is 11.6 Å². The lowest BCUT2D eigenvalue weighted by Gasteiger charge is -2.29. The Bertz CT molecular complexity index is 1060. The summed E-state index contributed by atoms with van der Waals surface area (Å²) in [7, 11) is 0. The monoisotopic (exact) mass is 426 g/mol. The summed E-state index contributed by atoms with van der Waals surface area (Å²) in [5.41, 5.74) is -3.99. The molecule has 158 valence electrons. The molecular formula is C20H15F5N2O3. The molecule has 5 rings (SSSR count). The number of aliphatic hydroxyl groups excluding tert-OH is 1. The summed E-state index contributed by atoms with van der Waals surface area (Å²) in [6, 6.07) is 5.29. The molecule has 2 bridgehead atoms.